The number of likely N-dealkylation sites (N-methyl/N-ethyl adjacent to an activating group) is 1. The van der Waals surface area contributed by atoms with Crippen LogP contribution in [-0.4, -0.2) is 32.4 Å². The lowest BCUT2D eigenvalue weighted by atomic mass is 10.1. The lowest BCUT2D eigenvalue weighted by Crippen LogP contribution is -2.20. The molecule has 0 fully saturated rings. The zero-order chi connectivity index (χ0) is 18.4. The number of amides is 1. The normalized spacial score (nSPS) is 13.7. The third-order valence-corrected chi connectivity index (χ3v) is 5.53. The van der Waals surface area contributed by atoms with E-state index >= 15 is 0 Å². The Morgan fingerprint density at radius 2 is 1.92 bits per heavy atom. The number of carboxylic acids is 1. The highest BCUT2D eigenvalue weighted by Gasteiger charge is 2.26. The average Bonchev–Trinajstić information content (AvgIpc) is 2.83. The Hall–Kier alpha value is -2.87. The molecule has 2 N–H and O–H groups in total. The summed E-state index contributed by atoms with van der Waals surface area (Å²) in [5, 5.41) is 9.06. The minimum absolute atomic E-state index is 0.00975. The minimum atomic E-state index is -3.91. The van der Waals surface area contributed by atoms with Crippen LogP contribution in [0.3, 0.4) is 0 Å². The molecular formula is C17H16N2O5S. The fourth-order valence-corrected chi connectivity index (χ4v) is 3.85. The number of benzene rings is 2. The summed E-state index contributed by atoms with van der Waals surface area (Å²) < 4.78 is 27.7. The summed E-state index contributed by atoms with van der Waals surface area (Å²) in [5.41, 5.74) is 2.13. The van der Waals surface area contributed by atoms with E-state index in [1.165, 1.54) is 35.2 Å². The first kappa shape index (κ1) is 17.0. The zero-order valence-corrected chi connectivity index (χ0v) is 14.4. The minimum Gasteiger partial charge on any atom is -0.478 e. The second kappa shape index (κ2) is 5.89. The van der Waals surface area contributed by atoms with Crippen LogP contribution >= 0.6 is 0 Å². The van der Waals surface area contributed by atoms with Crippen LogP contribution in [0.4, 0.5) is 11.4 Å². The van der Waals surface area contributed by atoms with Crippen LogP contribution in [-0.2, 0) is 21.2 Å². The van der Waals surface area contributed by atoms with Crippen LogP contribution in [0, 0.1) is 6.92 Å². The van der Waals surface area contributed by atoms with E-state index in [0.29, 0.717) is 16.8 Å². The fraction of sp³-hybridized carbons (Fsp3) is 0.176. The number of carboxylic acid groups (broad SMARTS) is 1. The molecule has 2 aromatic carbocycles. The Bertz CT molecular complexity index is 998. The first-order valence-corrected chi connectivity index (χ1v) is 8.93. The number of sulfonamides is 1. The second-order valence-corrected chi connectivity index (χ2v) is 7.54. The SMILES string of the molecule is Cc1ccc(C(=O)O)cc1NS(=O)(=O)c1ccc2c(c1)CC(=O)N2C. The summed E-state index contributed by atoms with van der Waals surface area (Å²) in [6, 6.07) is 8.71. The van der Waals surface area contributed by atoms with E-state index < -0.39 is 16.0 Å². The van der Waals surface area contributed by atoms with Crippen molar-refractivity contribution in [2.45, 2.75) is 18.2 Å². The zero-order valence-electron chi connectivity index (χ0n) is 13.6. The van der Waals surface area contributed by atoms with Gasteiger partial charge in [0.05, 0.1) is 22.6 Å². The molecule has 1 amide bonds. The van der Waals surface area contributed by atoms with Gasteiger partial charge in [-0.2, -0.15) is 0 Å². The van der Waals surface area contributed by atoms with Crippen molar-refractivity contribution in [3.8, 4) is 0 Å². The highest BCUT2D eigenvalue weighted by atomic mass is 32.2. The molecule has 0 radical (unpaired) electrons. The summed E-state index contributed by atoms with van der Waals surface area (Å²) in [6.07, 6.45) is 0.155. The van der Waals surface area contributed by atoms with Gasteiger partial charge in [0.1, 0.15) is 0 Å². The van der Waals surface area contributed by atoms with Crippen molar-refractivity contribution in [1.82, 2.24) is 0 Å². The summed E-state index contributed by atoms with van der Waals surface area (Å²) in [6.45, 7) is 1.68. The lowest BCUT2D eigenvalue weighted by Gasteiger charge is -2.13. The van der Waals surface area contributed by atoms with Gasteiger partial charge >= 0.3 is 5.97 Å². The van der Waals surface area contributed by atoms with Crippen LogP contribution in [0.2, 0.25) is 0 Å². The third kappa shape index (κ3) is 3.08. The summed E-state index contributed by atoms with van der Waals surface area (Å²) >= 11 is 0. The number of carbonyl (C=O) groups is 2. The largest absolute Gasteiger partial charge is 0.478 e. The number of aromatic carboxylic acids is 1. The average molecular weight is 360 g/mol. The number of aryl methyl sites for hydroxylation is 1. The Balaban J connectivity index is 1.96. The Morgan fingerprint density at radius 1 is 1.20 bits per heavy atom. The number of nitrogens with zero attached hydrogens (tertiary/aromatic N) is 1. The maximum atomic E-state index is 12.6. The highest BCUT2D eigenvalue weighted by Crippen LogP contribution is 2.30. The smallest absolute Gasteiger partial charge is 0.335 e. The van der Waals surface area contributed by atoms with Crippen LogP contribution in [0.25, 0.3) is 0 Å². The van der Waals surface area contributed by atoms with Crippen molar-refractivity contribution in [1.29, 1.82) is 0 Å². The number of anilines is 2. The summed E-state index contributed by atoms with van der Waals surface area (Å²) in [5.74, 6) is -1.23. The van der Waals surface area contributed by atoms with Gasteiger partial charge in [-0.25, -0.2) is 13.2 Å². The molecule has 0 saturated heterocycles. The van der Waals surface area contributed by atoms with Gasteiger partial charge in [-0.3, -0.25) is 9.52 Å². The Morgan fingerprint density at radius 3 is 2.60 bits per heavy atom. The first-order chi connectivity index (χ1) is 11.7. The van der Waals surface area contributed by atoms with Crippen LogP contribution in [0.1, 0.15) is 21.5 Å². The fourth-order valence-electron chi connectivity index (χ4n) is 2.68. The van der Waals surface area contributed by atoms with E-state index in [4.69, 9.17) is 5.11 Å². The number of fused-ring (bicyclic) bond motifs is 1. The molecule has 0 atom stereocenters. The van der Waals surface area contributed by atoms with Crippen molar-refractivity contribution in [3.63, 3.8) is 0 Å². The van der Waals surface area contributed by atoms with Crippen LogP contribution < -0.4 is 9.62 Å². The molecule has 0 aromatic heterocycles. The lowest BCUT2D eigenvalue weighted by molar-refractivity contribution is -0.117. The molecule has 2 aromatic rings. The van der Waals surface area contributed by atoms with E-state index in [0.717, 1.165) is 0 Å². The molecule has 0 aliphatic carbocycles. The predicted molar refractivity (Wildman–Crippen MR) is 92.5 cm³/mol. The molecule has 3 rings (SSSR count). The molecule has 7 nitrogen and oxygen atoms in total. The van der Waals surface area contributed by atoms with Crippen molar-refractivity contribution in [3.05, 3.63) is 53.1 Å². The topological polar surface area (TPSA) is 104 Å². The number of carbonyl (C=O) groups excluding carboxylic acids is 1. The molecule has 1 heterocycles. The van der Waals surface area contributed by atoms with Crippen molar-refractivity contribution in [2.24, 2.45) is 0 Å². The quantitative estimate of drug-likeness (QED) is 0.868. The van der Waals surface area contributed by atoms with Gasteiger partial charge in [-0.1, -0.05) is 6.07 Å². The third-order valence-electron chi connectivity index (χ3n) is 4.17. The molecule has 0 unspecified atom stereocenters. The number of hydrogen-bond donors (Lipinski definition) is 2. The second-order valence-electron chi connectivity index (χ2n) is 5.86. The molecular weight excluding hydrogens is 344 g/mol. The van der Waals surface area contributed by atoms with Gasteiger partial charge in [-0.15, -0.1) is 0 Å². The van der Waals surface area contributed by atoms with Gasteiger partial charge in [0.25, 0.3) is 10.0 Å². The van der Waals surface area contributed by atoms with E-state index in [9.17, 15) is 18.0 Å². The molecule has 130 valence electrons. The molecule has 1 aliphatic heterocycles. The van der Waals surface area contributed by atoms with Crippen molar-refractivity contribution < 1.29 is 23.1 Å². The maximum absolute atomic E-state index is 12.6. The van der Waals surface area contributed by atoms with E-state index in [1.807, 2.05) is 0 Å². The first-order valence-electron chi connectivity index (χ1n) is 7.45. The van der Waals surface area contributed by atoms with Crippen LogP contribution in [0.15, 0.2) is 41.3 Å². The number of hydrogen-bond acceptors (Lipinski definition) is 4. The standard InChI is InChI=1S/C17H16N2O5S/c1-10-3-4-11(17(21)22)8-14(10)18-25(23,24)13-5-6-15-12(7-13)9-16(20)19(15)2/h3-8,18H,9H2,1-2H3,(H,21,22). The van der Waals surface area contributed by atoms with Crippen molar-refractivity contribution >= 4 is 33.3 Å². The van der Waals surface area contributed by atoms with E-state index in [2.05, 4.69) is 4.72 Å². The molecule has 1 aliphatic rings. The molecule has 8 heteroatoms. The maximum Gasteiger partial charge on any atom is 0.335 e. The van der Waals surface area contributed by atoms with Gasteiger partial charge in [-0.05, 0) is 48.4 Å². The molecule has 25 heavy (non-hydrogen) atoms. The predicted octanol–water partition coefficient (Wildman–Crippen LogP) is 2.01. The van der Waals surface area contributed by atoms with E-state index in [-0.39, 0.29) is 28.5 Å². The van der Waals surface area contributed by atoms with Crippen LogP contribution in [0.5, 0.6) is 0 Å². The van der Waals surface area contributed by atoms with E-state index in [1.54, 1.807) is 20.0 Å². The molecule has 0 spiro atoms. The summed E-state index contributed by atoms with van der Waals surface area (Å²) in [7, 11) is -2.27. The molecule has 0 bridgehead atoms. The number of nitrogens with one attached hydrogen (secondary N) is 1. The Labute approximate surface area is 144 Å². The number of rotatable bonds is 4. The monoisotopic (exact) mass is 360 g/mol. The molecule has 0 saturated carbocycles. The van der Waals surface area contributed by atoms with Crippen molar-refractivity contribution in [2.75, 3.05) is 16.7 Å². The van der Waals surface area contributed by atoms with Gasteiger partial charge < -0.3 is 10.0 Å². The van der Waals surface area contributed by atoms with Gasteiger partial charge in [0.15, 0.2) is 0 Å². The highest BCUT2D eigenvalue weighted by molar-refractivity contribution is 7.92. The van der Waals surface area contributed by atoms with Gasteiger partial charge in [0, 0.05) is 12.7 Å². The van der Waals surface area contributed by atoms with Gasteiger partial charge in [0.2, 0.25) is 5.91 Å². The summed E-state index contributed by atoms with van der Waals surface area (Å²) in [4.78, 5) is 24.3. The Kier molecular flexibility index (Phi) is 4.00.